The van der Waals surface area contributed by atoms with E-state index in [0.29, 0.717) is 55.0 Å². The molecule has 238 valence electrons. The van der Waals surface area contributed by atoms with Crippen LogP contribution >= 0.6 is 0 Å². The Kier molecular flexibility index (Phi) is 6.77. The summed E-state index contributed by atoms with van der Waals surface area (Å²) in [6, 6.07) is 10.5. The number of halogens is 1. The number of amides is 3. The largest absolute Gasteiger partial charge is 0.444 e. The average Bonchev–Trinajstić information content (AvgIpc) is 3.59. The van der Waals surface area contributed by atoms with E-state index in [1.165, 1.54) is 17.2 Å². The highest BCUT2D eigenvalue weighted by atomic mass is 19.1. The van der Waals surface area contributed by atoms with E-state index >= 15 is 4.39 Å². The highest BCUT2D eigenvalue weighted by Crippen LogP contribution is 2.63. The maximum Gasteiger partial charge on any atom is 0.414 e. The molecule has 1 N–H and O–H groups in total. The molecular weight excluding hydrogens is 595 g/mol. The summed E-state index contributed by atoms with van der Waals surface area (Å²) < 4.78 is 27.7. The van der Waals surface area contributed by atoms with Crippen LogP contribution in [0.2, 0.25) is 0 Å². The van der Waals surface area contributed by atoms with E-state index in [4.69, 9.17) is 9.47 Å². The van der Waals surface area contributed by atoms with Crippen molar-refractivity contribution in [1.29, 1.82) is 5.26 Å². The fourth-order valence-corrected chi connectivity index (χ4v) is 6.79. The Bertz CT molecular complexity index is 1730. The second-order valence-electron chi connectivity index (χ2n) is 13.5. The number of alkyl carbamates (subject to hydrolysis) is 1. The minimum atomic E-state index is -0.942. The number of cyclic esters (lactones) is 1. The third-order valence-corrected chi connectivity index (χ3v) is 9.25. The minimum absolute atomic E-state index is 0.0817. The van der Waals surface area contributed by atoms with Crippen LogP contribution in [-0.4, -0.2) is 79.8 Å². The summed E-state index contributed by atoms with van der Waals surface area (Å²) in [5.41, 5.74) is -0.644. The topological polar surface area (TPSA) is 156 Å². The lowest BCUT2D eigenvalue weighted by Gasteiger charge is -2.28. The first-order chi connectivity index (χ1) is 21.9. The number of nitriles is 1. The second kappa shape index (κ2) is 10.5. The van der Waals surface area contributed by atoms with Gasteiger partial charge in [-0.2, -0.15) is 5.26 Å². The van der Waals surface area contributed by atoms with Gasteiger partial charge in [0.2, 0.25) is 5.91 Å². The van der Waals surface area contributed by atoms with Gasteiger partial charge in [-0.15, -0.1) is 5.10 Å². The predicted molar refractivity (Wildman–Crippen MR) is 159 cm³/mol. The molecule has 0 spiro atoms. The predicted octanol–water partition coefficient (Wildman–Crippen LogP) is 3.41. The van der Waals surface area contributed by atoms with Crippen LogP contribution in [-0.2, 0) is 26.2 Å². The van der Waals surface area contributed by atoms with Crippen molar-refractivity contribution in [2.24, 2.45) is 11.8 Å². The van der Waals surface area contributed by atoms with Crippen molar-refractivity contribution in [1.82, 2.24) is 30.2 Å². The van der Waals surface area contributed by atoms with Crippen LogP contribution in [0.4, 0.5) is 19.7 Å². The number of nitrogens with zero attached hydrogens (tertiary/aromatic N) is 7. The summed E-state index contributed by atoms with van der Waals surface area (Å²) in [6.45, 7) is 6.68. The number of carbonyl (C=O) groups is 3. The second-order valence-corrected chi connectivity index (χ2v) is 13.5. The first kappa shape index (κ1) is 29.6. The summed E-state index contributed by atoms with van der Waals surface area (Å²) in [5, 5.41) is 20.6. The Hall–Kier alpha value is -5.06. The number of fused-ring (bicyclic) bond motifs is 1. The van der Waals surface area contributed by atoms with Crippen molar-refractivity contribution in [2.75, 3.05) is 24.5 Å². The van der Waals surface area contributed by atoms with Crippen LogP contribution in [0.3, 0.4) is 0 Å². The van der Waals surface area contributed by atoms with Gasteiger partial charge in [0.05, 0.1) is 36.7 Å². The Morgan fingerprint density at radius 3 is 2.52 bits per heavy atom. The molecule has 1 aromatic carbocycles. The molecular formula is C32H33FN8O5. The van der Waals surface area contributed by atoms with Gasteiger partial charge >= 0.3 is 12.2 Å². The molecule has 0 unspecified atom stereocenters. The number of hydrogen-bond donors (Lipinski definition) is 1. The fraction of sp³-hybridized carbons (Fsp3) is 0.469. The molecule has 4 aliphatic rings. The first-order valence-electron chi connectivity index (χ1n) is 15.2. The third kappa shape index (κ3) is 5.09. The van der Waals surface area contributed by atoms with Gasteiger partial charge in [0.15, 0.2) is 0 Å². The number of anilines is 1. The number of piperidine rings is 1. The van der Waals surface area contributed by atoms with E-state index in [1.807, 2.05) is 0 Å². The number of rotatable bonds is 7. The smallest absolute Gasteiger partial charge is 0.414 e. The van der Waals surface area contributed by atoms with E-state index in [9.17, 15) is 19.6 Å². The number of pyridine rings is 1. The lowest BCUT2D eigenvalue weighted by Crippen LogP contribution is -2.52. The molecule has 4 atom stereocenters. The van der Waals surface area contributed by atoms with Crippen molar-refractivity contribution in [3.63, 3.8) is 0 Å². The van der Waals surface area contributed by atoms with Gasteiger partial charge in [0, 0.05) is 48.4 Å². The van der Waals surface area contributed by atoms with Gasteiger partial charge in [-0.3, -0.25) is 14.7 Å². The maximum absolute atomic E-state index is 15.3. The molecule has 13 nitrogen and oxygen atoms in total. The maximum atomic E-state index is 15.3. The molecule has 7 rings (SSSR count). The first-order valence-corrected chi connectivity index (χ1v) is 15.2. The van der Waals surface area contributed by atoms with Crippen molar-refractivity contribution in [2.45, 2.75) is 62.8 Å². The molecule has 3 aromatic rings. The number of ether oxygens (including phenoxy) is 2. The lowest BCUT2D eigenvalue weighted by molar-refractivity contribution is -0.134. The molecule has 0 radical (unpaired) electrons. The zero-order chi connectivity index (χ0) is 32.4. The van der Waals surface area contributed by atoms with Gasteiger partial charge in [-0.25, -0.2) is 18.7 Å². The quantitative estimate of drug-likeness (QED) is 0.414. The molecule has 2 aliphatic carbocycles. The van der Waals surface area contributed by atoms with Crippen molar-refractivity contribution in [3.8, 4) is 17.2 Å². The minimum Gasteiger partial charge on any atom is -0.444 e. The highest BCUT2D eigenvalue weighted by Gasteiger charge is 2.72. The van der Waals surface area contributed by atoms with Crippen molar-refractivity contribution in [3.05, 3.63) is 60.4 Å². The van der Waals surface area contributed by atoms with Gasteiger partial charge in [0.25, 0.3) is 0 Å². The van der Waals surface area contributed by atoms with Gasteiger partial charge in [-0.1, -0.05) is 11.3 Å². The molecule has 2 saturated heterocycles. The van der Waals surface area contributed by atoms with E-state index in [2.05, 4.69) is 26.7 Å². The van der Waals surface area contributed by atoms with E-state index in [-0.39, 0.29) is 24.3 Å². The van der Waals surface area contributed by atoms with Crippen LogP contribution in [0.5, 0.6) is 0 Å². The van der Waals surface area contributed by atoms with E-state index < -0.39 is 40.7 Å². The fourth-order valence-electron chi connectivity index (χ4n) is 6.79. The zero-order valence-electron chi connectivity index (χ0n) is 25.6. The number of likely N-dealkylation sites (tertiary alicyclic amines) is 1. The highest BCUT2D eigenvalue weighted by molar-refractivity contribution is 5.93. The molecule has 46 heavy (non-hydrogen) atoms. The molecule has 0 bridgehead atoms. The van der Waals surface area contributed by atoms with Crippen LogP contribution in [0.1, 0.15) is 39.3 Å². The average molecular weight is 629 g/mol. The van der Waals surface area contributed by atoms with Gasteiger partial charge < -0.3 is 19.7 Å². The molecule has 4 fully saturated rings. The van der Waals surface area contributed by atoms with Crippen molar-refractivity contribution < 1.29 is 28.2 Å². The number of hydrogen-bond acceptors (Lipinski definition) is 9. The Morgan fingerprint density at radius 2 is 1.93 bits per heavy atom. The van der Waals surface area contributed by atoms with E-state index in [1.54, 1.807) is 67.0 Å². The molecule has 3 amide bonds. The summed E-state index contributed by atoms with van der Waals surface area (Å²) in [5.74, 6) is -0.836. The Labute approximate surface area is 264 Å². The van der Waals surface area contributed by atoms with Crippen LogP contribution in [0.25, 0.3) is 11.1 Å². The Balaban J connectivity index is 0.995. The summed E-state index contributed by atoms with van der Waals surface area (Å²) in [6.07, 6.45) is 4.23. The van der Waals surface area contributed by atoms with E-state index in [0.717, 1.165) is 0 Å². The van der Waals surface area contributed by atoms with Crippen LogP contribution < -0.4 is 10.2 Å². The molecule has 4 heterocycles. The SMILES string of the molecule is CC(C)(C)OC(=O)NC1(C(=O)N2C[C@@H]3[C@H](C2)[C@@]3(C#N)c2ccc(-c3ccc(N4C[C@H](Cn5ccnn5)OC4=O)cc3F)cn2)CC1. The Morgan fingerprint density at radius 1 is 1.17 bits per heavy atom. The number of carbonyl (C=O) groups excluding carboxylic acids is 3. The van der Waals surface area contributed by atoms with Crippen LogP contribution in [0, 0.1) is 29.0 Å². The number of nitrogens with one attached hydrogen (secondary N) is 1. The molecule has 2 saturated carbocycles. The summed E-state index contributed by atoms with van der Waals surface area (Å²) in [4.78, 5) is 45.9. The lowest BCUT2D eigenvalue weighted by atomic mass is 9.95. The number of aromatic nitrogens is 4. The van der Waals surface area contributed by atoms with Crippen LogP contribution in [0.15, 0.2) is 48.9 Å². The normalized spacial score (nSPS) is 25.8. The third-order valence-electron chi connectivity index (χ3n) is 9.25. The van der Waals surface area contributed by atoms with Crippen molar-refractivity contribution >= 4 is 23.8 Å². The monoisotopic (exact) mass is 628 g/mol. The zero-order valence-corrected chi connectivity index (χ0v) is 25.6. The molecule has 2 aromatic heterocycles. The summed E-state index contributed by atoms with van der Waals surface area (Å²) >= 11 is 0. The molecule has 14 heteroatoms. The summed E-state index contributed by atoms with van der Waals surface area (Å²) in [7, 11) is 0. The standard InChI is InChI=1S/C32H33FN8O5/c1-30(2,3)46-28(43)37-31(8-9-31)27(42)39-16-23-24(17-39)32(23,18-34)26-7-4-19(13-35-26)22-6-5-20(12-25(22)33)41-15-21(45-29(41)44)14-40-11-10-36-38-40/h4-7,10-13,21,23-24H,8-9,14-17H2,1-3H3,(H,37,43)/t21-,23-,24+,32+/m0/s1. The number of benzene rings is 1. The van der Waals surface area contributed by atoms with Gasteiger partial charge in [-0.05, 0) is 57.9 Å². The molecule has 2 aliphatic heterocycles. The van der Waals surface area contributed by atoms with Gasteiger partial charge in [0.1, 0.15) is 28.5 Å².